The van der Waals surface area contributed by atoms with Crippen LogP contribution in [0, 0.1) is 5.92 Å². The lowest BCUT2D eigenvalue weighted by Crippen LogP contribution is -2.41. The van der Waals surface area contributed by atoms with Crippen LogP contribution < -0.4 is 5.32 Å². The molecule has 0 heterocycles. The third-order valence-electron chi connectivity index (χ3n) is 3.14. The molecule has 4 nitrogen and oxygen atoms in total. The number of hydrogen-bond acceptors (Lipinski definition) is 3. The smallest absolute Gasteiger partial charge is 0.323 e. The maximum Gasteiger partial charge on any atom is 0.323 e. The fourth-order valence-electron chi connectivity index (χ4n) is 2.23. The summed E-state index contributed by atoms with van der Waals surface area (Å²) in [6.07, 6.45) is 4.87. The summed E-state index contributed by atoms with van der Waals surface area (Å²) >= 11 is 0. The predicted molar refractivity (Wildman–Crippen MR) is 62.5 cm³/mol. The third-order valence-corrected chi connectivity index (χ3v) is 3.14. The van der Waals surface area contributed by atoms with Crippen molar-refractivity contribution >= 4 is 5.97 Å². The van der Waals surface area contributed by atoms with Crippen LogP contribution in [0.3, 0.4) is 0 Å². The first-order valence-corrected chi connectivity index (χ1v) is 6.21. The van der Waals surface area contributed by atoms with Gasteiger partial charge in [0.2, 0.25) is 0 Å². The highest BCUT2D eigenvalue weighted by Gasteiger charge is 2.22. The van der Waals surface area contributed by atoms with Crippen molar-refractivity contribution in [3.05, 3.63) is 0 Å². The molecule has 0 aromatic rings. The second kappa shape index (κ2) is 6.86. The van der Waals surface area contributed by atoms with E-state index in [-0.39, 0.29) is 12.7 Å². The van der Waals surface area contributed by atoms with Crippen LogP contribution in [0.5, 0.6) is 0 Å². The molecule has 1 rings (SSSR count). The average molecular weight is 229 g/mol. The SMILES string of the molecule is CCNC(COC1CCCC(C)C1)C(=O)O. The number of carboxylic acid groups (broad SMARTS) is 1. The zero-order chi connectivity index (χ0) is 12.0. The first-order chi connectivity index (χ1) is 7.63. The molecule has 0 radical (unpaired) electrons. The molecule has 0 saturated heterocycles. The average Bonchev–Trinajstić information content (AvgIpc) is 2.24. The highest BCUT2D eigenvalue weighted by molar-refractivity contribution is 5.73. The molecular weight excluding hydrogens is 206 g/mol. The van der Waals surface area contributed by atoms with Crippen LogP contribution in [0.1, 0.15) is 39.5 Å². The standard InChI is InChI=1S/C12H23NO3/c1-3-13-11(12(14)15)8-16-10-6-4-5-9(2)7-10/h9-11,13H,3-8H2,1-2H3,(H,14,15). The lowest BCUT2D eigenvalue weighted by atomic mass is 9.89. The Morgan fingerprint density at radius 1 is 1.56 bits per heavy atom. The molecule has 4 heteroatoms. The van der Waals surface area contributed by atoms with Gasteiger partial charge in [-0.25, -0.2) is 0 Å². The second-order valence-corrected chi connectivity index (χ2v) is 4.68. The summed E-state index contributed by atoms with van der Waals surface area (Å²) in [4.78, 5) is 10.9. The van der Waals surface area contributed by atoms with Gasteiger partial charge in [-0.2, -0.15) is 0 Å². The maximum absolute atomic E-state index is 10.9. The van der Waals surface area contributed by atoms with Gasteiger partial charge in [-0.05, 0) is 25.3 Å². The van der Waals surface area contributed by atoms with Crippen LogP contribution in [0.25, 0.3) is 0 Å². The number of likely N-dealkylation sites (N-methyl/N-ethyl adjacent to an activating group) is 1. The summed E-state index contributed by atoms with van der Waals surface area (Å²) in [5.74, 6) is -0.119. The molecular formula is C12H23NO3. The van der Waals surface area contributed by atoms with E-state index in [1.807, 2.05) is 6.92 Å². The molecule has 0 aliphatic heterocycles. The maximum atomic E-state index is 10.9. The van der Waals surface area contributed by atoms with Crippen molar-refractivity contribution in [2.75, 3.05) is 13.2 Å². The van der Waals surface area contributed by atoms with Gasteiger partial charge >= 0.3 is 5.97 Å². The number of hydrogen-bond donors (Lipinski definition) is 2. The van der Waals surface area contributed by atoms with E-state index in [1.165, 1.54) is 12.8 Å². The largest absolute Gasteiger partial charge is 0.480 e. The Balaban J connectivity index is 2.28. The molecule has 0 spiro atoms. The molecule has 3 unspecified atom stereocenters. The highest BCUT2D eigenvalue weighted by atomic mass is 16.5. The van der Waals surface area contributed by atoms with E-state index >= 15 is 0 Å². The van der Waals surface area contributed by atoms with E-state index in [9.17, 15) is 4.79 Å². The molecule has 1 fully saturated rings. The fourth-order valence-corrected chi connectivity index (χ4v) is 2.23. The Morgan fingerprint density at radius 3 is 2.88 bits per heavy atom. The molecule has 0 bridgehead atoms. The summed E-state index contributed by atoms with van der Waals surface area (Å²) in [5.41, 5.74) is 0. The van der Waals surface area contributed by atoms with E-state index in [2.05, 4.69) is 12.2 Å². The van der Waals surface area contributed by atoms with E-state index in [0.717, 1.165) is 12.8 Å². The van der Waals surface area contributed by atoms with E-state index in [4.69, 9.17) is 9.84 Å². The van der Waals surface area contributed by atoms with Crippen LogP contribution in [-0.2, 0) is 9.53 Å². The van der Waals surface area contributed by atoms with Crippen LogP contribution in [0.15, 0.2) is 0 Å². The third kappa shape index (κ3) is 4.49. The van der Waals surface area contributed by atoms with Gasteiger partial charge in [0.1, 0.15) is 6.04 Å². The number of carbonyl (C=O) groups is 1. The van der Waals surface area contributed by atoms with E-state index in [1.54, 1.807) is 0 Å². The summed E-state index contributed by atoms with van der Waals surface area (Å²) in [5, 5.41) is 11.9. The summed E-state index contributed by atoms with van der Waals surface area (Å²) < 4.78 is 5.69. The van der Waals surface area contributed by atoms with E-state index in [0.29, 0.717) is 12.5 Å². The number of ether oxygens (including phenoxy) is 1. The number of nitrogens with one attached hydrogen (secondary N) is 1. The van der Waals surface area contributed by atoms with Crippen molar-refractivity contribution in [1.29, 1.82) is 0 Å². The normalized spacial score (nSPS) is 27.6. The van der Waals surface area contributed by atoms with Crippen LogP contribution in [0.4, 0.5) is 0 Å². The molecule has 16 heavy (non-hydrogen) atoms. The first kappa shape index (κ1) is 13.5. The molecule has 94 valence electrons. The molecule has 0 aromatic carbocycles. The zero-order valence-electron chi connectivity index (χ0n) is 10.2. The Bertz CT molecular complexity index is 220. The van der Waals surface area contributed by atoms with E-state index < -0.39 is 12.0 Å². The summed E-state index contributed by atoms with van der Waals surface area (Å²) in [7, 11) is 0. The van der Waals surface area contributed by atoms with Crippen LogP contribution in [0.2, 0.25) is 0 Å². The Morgan fingerprint density at radius 2 is 2.31 bits per heavy atom. The summed E-state index contributed by atoms with van der Waals surface area (Å²) in [6, 6.07) is -0.567. The van der Waals surface area contributed by atoms with Crippen molar-refractivity contribution in [1.82, 2.24) is 5.32 Å². The first-order valence-electron chi connectivity index (χ1n) is 6.21. The molecule has 2 N–H and O–H groups in total. The Hall–Kier alpha value is -0.610. The summed E-state index contributed by atoms with van der Waals surface area (Å²) in [6.45, 7) is 5.06. The van der Waals surface area contributed by atoms with Crippen LogP contribution >= 0.6 is 0 Å². The fraction of sp³-hybridized carbons (Fsp3) is 0.917. The van der Waals surface area contributed by atoms with Gasteiger partial charge in [0.15, 0.2) is 0 Å². The monoisotopic (exact) mass is 229 g/mol. The number of rotatable bonds is 6. The van der Waals surface area contributed by atoms with Gasteiger partial charge in [-0.1, -0.05) is 26.7 Å². The van der Waals surface area contributed by atoms with Crippen molar-refractivity contribution in [3.8, 4) is 0 Å². The van der Waals surface area contributed by atoms with Gasteiger partial charge in [-0.3, -0.25) is 4.79 Å². The molecule has 1 aliphatic rings. The molecule has 1 aliphatic carbocycles. The molecule has 0 aromatic heterocycles. The zero-order valence-corrected chi connectivity index (χ0v) is 10.2. The van der Waals surface area contributed by atoms with Crippen molar-refractivity contribution in [3.63, 3.8) is 0 Å². The minimum atomic E-state index is -0.828. The topological polar surface area (TPSA) is 58.6 Å². The number of carboxylic acids is 1. The van der Waals surface area contributed by atoms with Gasteiger partial charge in [0.25, 0.3) is 0 Å². The molecule has 1 saturated carbocycles. The van der Waals surface area contributed by atoms with Crippen molar-refractivity contribution in [2.45, 2.75) is 51.7 Å². The minimum absolute atomic E-state index is 0.254. The lowest BCUT2D eigenvalue weighted by molar-refractivity contribution is -0.142. The Labute approximate surface area is 97.4 Å². The lowest BCUT2D eigenvalue weighted by Gasteiger charge is -2.27. The van der Waals surface area contributed by atoms with Crippen LogP contribution in [-0.4, -0.2) is 36.4 Å². The van der Waals surface area contributed by atoms with Gasteiger partial charge in [0, 0.05) is 0 Å². The second-order valence-electron chi connectivity index (χ2n) is 4.68. The Kier molecular flexibility index (Phi) is 5.77. The van der Waals surface area contributed by atoms with Gasteiger partial charge in [-0.15, -0.1) is 0 Å². The molecule has 0 amide bonds. The van der Waals surface area contributed by atoms with Crippen molar-refractivity contribution in [2.24, 2.45) is 5.92 Å². The highest BCUT2D eigenvalue weighted by Crippen LogP contribution is 2.25. The minimum Gasteiger partial charge on any atom is -0.480 e. The van der Waals surface area contributed by atoms with Gasteiger partial charge in [0.05, 0.1) is 12.7 Å². The molecule has 3 atom stereocenters. The van der Waals surface area contributed by atoms with Crippen molar-refractivity contribution < 1.29 is 14.6 Å². The predicted octanol–water partition coefficient (Wildman–Crippen LogP) is 1.64. The quantitative estimate of drug-likeness (QED) is 0.727. The van der Waals surface area contributed by atoms with Gasteiger partial charge < -0.3 is 15.2 Å². The number of aliphatic carboxylic acids is 1.